The minimum Gasteiger partial charge on any atom is -0.396 e. The summed E-state index contributed by atoms with van der Waals surface area (Å²) < 4.78 is 24.3. The van der Waals surface area contributed by atoms with E-state index >= 15 is 0 Å². The molecule has 0 heterocycles. The van der Waals surface area contributed by atoms with Crippen LogP contribution in [0.5, 0.6) is 0 Å². The van der Waals surface area contributed by atoms with Crippen molar-refractivity contribution in [3.05, 3.63) is 29.8 Å². The fourth-order valence-electron chi connectivity index (χ4n) is 0.515. The standard InChI is InChI=1S/C6H5F2N.2ClH/c7-4-1-2-5(8)6(9)3-4;;/h1-3H,9H2;2*1H. The van der Waals surface area contributed by atoms with Crippen molar-refractivity contribution >= 4 is 30.5 Å². The lowest BCUT2D eigenvalue weighted by molar-refractivity contribution is 0.604. The van der Waals surface area contributed by atoms with Gasteiger partial charge in [0.05, 0.1) is 5.69 Å². The highest BCUT2D eigenvalue weighted by Crippen LogP contribution is 2.09. The summed E-state index contributed by atoms with van der Waals surface area (Å²) in [5.41, 5.74) is 4.85. The second-order valence-electron chi connectivity index (χ2n) is 1.67. The molecule has 0 aliphatic carbocycles. The maximum Gasteiger partial charge on any atom is 0.146 e. The van der Waals surface area contributed by atoms with Crippen molar-refractivity contribution in [1.29, 1.82) is 0 Å². The van der Waals surface area contributed by atoms with E-state index in [1.54, 1.807) is 0 Å². The Morgan fingerprint density at radius 3 is 2.00 bits per heavy atom. The molecule has 0 spiro atoms. The van der Waals surface area contributed by atoms with Crippen molar-refractivity contribution in [3.8, 4) is 0 Å². The lowest BCUT2D eigenvalue weighted by Crippen LogP contribution is -1.89. The zero-order valence-electron chi connectivity index (χ0n) is 5.38. The Kier molecular flexibility index (Phi) is 6.13. The van der Waals surface area contributed by atoms with Crippen LogP contribution in [-0.4, -0.2) is 0 Å². The molecule has 0 bridgehead atoms. The zero-order chi connectivity index (χ0) is 6.85. The Labute approximate surface area is 75.4 Å². The molecule has 0 fully saturated rings. The van der Waals surface area contributed by atoms with Crippen molar-refractivity contribution in [2.75, 3.05) is 5.73 Å². The highest BCUT2D eigenvalue weighted by molar-refractivity contribution is 5.85. The van der Waals surface area contributed by atoms with Crippen LogP contribution in [0.25, 0.3) is 0 Å². The van der Waals surface area contributed by atoms with Crippen molar-refractivity contribution in [1.82, 2.24) is 0 Å². The van der Waals surface area contributed by atoms with Crippen LogP contribution in [0.15, 0.2) is 18.2 Å². The molecule has 11 heavy (non-hydrogen) atoms. The molecule has 0 aromatic heterocycles. The maximum atomic E-state index is 12.2. The number of rotatable bonds is 0. The second kappa shape index (κ2) is 5.16. The number of benzene rings is 1. The van der Waals surface area contributed by atoms with Gasteiger partial charge in [-0.2, -0.15) is 0 Å². The maximum absolute atomic E-state index is 12.2. The van der Waals surface area contributed by atoms with Gasteiger partial charge in [0, 0.05) is 0 Å². The quantitative estimate of drug-likeness (QED) is 0.642. The van der Waals surface area contributed by atoms with Gasteiger partial charge in [0.15, 0.2) is 0 Å². The topological polar surface area (TPSA) is 26.0 Å². The van der Waals surface area contributed by atoms with Crippen LogP contribution in [0, 0.1) is 11.6 Å². The fourth-order valence-corrected chi connectivity index (χ4v) is 0.515. The first kappa shape index (κ1) is 13.1. The summed E-state index contributed by atoms with van der Waals surface area (Å²) in [6.45, 7) is 0. The van der Waals surface area contributed by atoms with Crippen molar-refractivity contribution in [2.24, 2.45) is 0 Å². The molecule has 0 aliphatic rings. The molecule has 0 saturated heterocycles. The zero-order valence-corrected chi connectivity index (χ0v) is 7.01. The molecule has 1 nitrogen and oxygen atoms in total. The molecular weight excluding hydrogens is 195 g/mol. The normalized spacial score (nSPS) is 7.82. The van der Waals surface area contributed by atoms with Gasteiger partial charge in [-0.3, -0.25) is 0 Å². The highest BCUT2D eigenvalue weighted by atomic mass is 35.5. The van der Waals surface area contributed by atoms with Gasteiger partial charge in [-0.25, -0.2) is 8.78 Å². The monoisotopic (exact) mass is 201 g/mol. The first-order valence-corrected chi connectivity index (χ1v) is 2.40. The van der Waals surface area contributed by atoms with E-state index in [9.17, 15) is 8.78 Å². The van der Waals surface area contributed by atoms with Crippen molar-refractivity contribution in [2.45, 2.75) is 0 Å². The third-order valence-corrected chi connectivity index (χ3v) is 0.958. The van der Waals surface area contributed by atoms with E-state index in [1.807, 2.05) is 0 Å². The van der Waals surface area contributed by atoms with E-state index in [0.29, 0.717) is 0 Å². The van der Waals surface area contributed by atoms with E-state index in [-0.39, 0.29) is 30.5 Å². The summed E-state index contributed by atoms with van der Waals surface area (Å²) in [5, 5.41) is 0. The molecule has 1 rings (SSSR count). The van der Waals surface area contributed by atoms with E-state index in [1.165, 1.54) is 0 Å². The van der Waals surface area contributed by atoms with E-state index < -0.39 is 11.6 Å². The average Bonchev–Trinajstić information content (AvgIpc) is 1.80. The highest BCUT2D eigenvalue weighted by Gasteiger charge is 1.96. The molecule has 0 amide bonds. The van der Waals surface area contributed by atoms with Gasteiger partial charge >= 0.3 is 0 Å². The summed E-state index contributed by atoms with van der Waals surface area (Å²) in [5.74, 6) is -1.11. The van der Waals surface area contributed by atoms with E-state index in [4.69, 9.17) is 5.73 Å². The molecule has 0 saturated carbocycles. The Balaban J connectivity index is 0. The van der Waals surface area contributed by atoms with Gasteiger partial charge in [0.2, 0.25) is 0 Å². The number of halogens is 4. The second-order valence-corrected chi connectivity index (χ2v) is 1.67. The van der Waals surface area contributed by atoms with Gasteiger partial charge in [-0.05, 0) is 18.2 Å². The van der Waals surface area contributed by atoms with E-state index in [0.717, 1.165) is 18.2 Å². The smallest absolute Gasteiger partial charge is 0.146 e. The molecule has 1 aromatic rings. The summed E-state index contributed by atoms with van der Waals surface area (Å²) in [6.07, 6.45) is 0. The Morgan fingerprint density at radius 2 is 1.64 bits per heavy atom. The Morgan fingerprint density at radius 1 is 1.09 bits per heavy atom. The van der Waals surface area contributed by atoms with Crippen LogP contribution in [0.1, 0.15) is 0 Å². The molecule has 1 aromatic carbocycles. The number of nitrogen functional groups attached to an aromatic ring is 1. The summed E-state index contributed by atoms with van der Waals surface area (Å²) >= 11 is 0. The van der Waals surface area contributed by atoms with Gasteiger partial charge in [-0.1, -0.05) is 0 Å². The van der Waals surface area contributed by atoms with Crippen LogP contribution in [0.2, 0.25) is 0 Å². The average molecular weight is 202 g/mol. The van der Waals surface area contributed by atoms with Crippen molar-refractivity contribution in [3.63, 3.8) is 0 Å². The third-order valence-electron chi connectivity index (χ3n) is 0.958. The lowest BCUT2D eigenvalue weighted by Gasteiger charge is -1.92. The van der Waals surface area contributed by atoms with Gasteiger partial charge < -0.3 is 5.73 Å². The first-order valence-electron chi connectivity index (χ1n) is 2.40. The number of nitrogens with two attached hydrogens (primary N) is 1. The molecular formula is C6H7Cl2F2N. The summed E-state index contributed by atoms with van der Waals surface area (Å²) in [4.78, 5) is 0. The molecule has 5 heteroatoms. The minimum absolute atomic E-state index is 0. The predicted octanol–water partition coefficient (Wildman–Crippen LogP) is 2.39. The van der Waals surface area contributed by atoms with Crippen LogP contribution in [0.4, 0.5) is 14.5 Å². The molecule has 0 radical (unpaired) electrons. The van der Waals surface area contributed by atoms with E-state index in [2.05, 4.69) is 0 Å². The molecule has 0 unspecified atom stereocenters. The van der Waals surface area contributed by atoms with Crippen molar-refractivity contribution < 1.29 is 8.78 Å². The first-order chi connectivity index (χ1) is 4.20. The predicted molar refractivity (Wildman–Crippen MR) is 45.3 cm³/mol. The number of hydrogen-bond acceptors (Lipinski definition) is 1. The lowest BCUT2D eigenvalue weighted by atomic mass is 10.3. The van der Waals surface area contributed by atoms with Gasteiger partial charge in [0.25, 0.3) is 0 Å². The number of anilines is 1. The molecule has 0 aliphatic heterocycles. The molecule has 2 N–H and O–H groups in total. The van der Waals surface area contributed by atoms with Crippen LogP contribution < -0.4 is 5.73 Å². The summed E-state index contributed by atoms with van der Waals surface area (Å²) in [6, 6.07) is 2.95. The largest absolute Gasteiger partial charge is 0.396 e. The Hall–Kier alpha value is -0.540. The van der Waals surface area contributed by atoms with Crippen LogP contribution in [-0.2, 0) is 0 Å². The third kappa shape index (κ3) is 3.39. The summed E-state index contributed by atoms with van der Waals surface area (Å²) in [7, 11) is 0. The van der Waals surface area contributed by atoms with Crippen LogP contribution in [0.3, 0.4) is 0 Å². The SMILES string of the molecule is Cl.Cl.Nc1cc(F)ccc1F. The van der Waals surface area contributed by atoms with Gasteiger partial charge in [-0.15, -0.1) is 24.8 Å². The van der Waals surface area contributed by atoms with Crippen LogP contribution >= 0.6 is 24.8 Å². The molecule has 64 valence electrons. The fraction of sp³-hybridized carbons (Fsp3) is 0. The number of hydrogen-bond donors (Lipinski definition) is 1. The minimum atomic E-state index is -0.587. The Bertz CT molecular complexity index is 230. The van der Waals surface area contributed by atoms with Gasteiger partial charge in [0.1, 0.15) is 11.6 Å². The molecule has 0 atom stereocenters.